The Hall–Kier alpha value is -0.211. The van der Waals surface area contributed by atoms with Crippen LogP contribution in [0.5, 0.6) is 0 Å². The van der Waals surface area contributed by atoms with E-state index < -0.39 is 5.97 Å². The summed E-state index contributed by atoms with van der Waals surface area (Å²) in [7, 11) is 0. The van der Waals surface area contributed by atoms with E-state index in [1.165, 1.54) is 26.2 Å². The molecule has 0 aromatic rings. The first kappa shape index (κ1) is 7.79. The van der Waals surface area contributed by atoms with Gasteiger partial charge in [0, 0.05) is 0 Å². The monoisotopic (exact) mass is 294 g/mol. The van der Waals surface area contributed by atoms with Crippen molar-refractivity contribution in [2.75, 3.05) is 0 Å². The zero-order valence-corrected chi connectivity index (χ0v) is 6.66. The molecule has 4 heteroatoms. The second kappa shape index (κ2) is 3.75. The molecule has 0 rings (SSSR count). The molecule has 0 heterocycles. The van der Waals surface area contributed by atoms with Gasteiger partial charge in [-0.2, -0.15) is 0 Å². The van der Waals surface area contributed by atoms with Gasteiger partial charge in [-0.15, -0.1) is 0 Å². The molecule has 0 radical (unpaired) electrons. The van der Waals surface area contributed by atoms with Gasteiger partial charge < -0.3 is 0 Å². The summed E-state index contributed by atoms with van der Waals surface area (Å²) >= 11 is 1.26. The maximum absolute atomic E-state index is 10.2. The van der Waals surface area contributed by atoms with Crippen molar-refractivity contribution < 1.29 is 32.4 Å². The maximum atomic E-state index is 10.2. The molecule has 3 nitrogen and oxygen atoms in total. The Balaban J connectivity index is 3.40. The van der Waals surface area contributed by atoms with Crippen molar-refractivity contribution in [2.24, 2.45) is 0 Å². The van der Waals surface area contributed by atoms with Gasteiger partial charge in [-0.1, -0.05) is 0 Å². The fourth-order valence-corrected chi connectivity index (χ4v) is 0.400. The van der Waals surface area contributed by atoms with Gasteiger partial charge in [0.25, 0.3) is 0 Å². The van der Waals surface area contributed by atoms with Gasteiger partial charge in [0.15, 0.2) is 0 Å². The van der Waals surface area contributed by atoms with Crippen molar-refractivity contribution in [1.82, 2.24) is 0 Å². The van der Waals surface area contributed by atoms with Crippen molar-refractivity contribution in [3.8, 4) is 0 Å². The van der Waals surface area contributed by atoms with Gasteiger partial charge in [0.2, 0.25) is 0 Å². The number of ketones is 1. The Morgan fingerprint density at radius 2 is 2.12 bits per heavy atom. The van der Waals surface area contributed by atoms with Crippen LogP contribution in [-0.2, 0) is 32.4 Å². The van der Waals surface area contributed by atoms with Gasteiger partial charge in [-0.25, -0.2) is 0 Å². The molecule has 0 spiro atoms. The quantitative estimate of drug-likeness (QED) is 0.672. The first-order valence-corrected chi connectivity index (χ1v) is 2.93. The fourth-order valence-electron chi connectivity index (χ4n) is 0.227. The summed E-state index contributed by atoms with van der Waals surface area (Å²) in [6.07, 6.45) is -0.115. The normalized spacial score (nSPS) is 8.25. The minimum absolute atomic E-state index is 0.115. The van der Waals surface area contributed by atoms with Crippen LogP contribution in [0, 0.1) is 0 Å². The van der Waals surface area contributed by atoms with Crippen LogP contribution in [0.1, 0.15) is 13.3 Å². The molecule has 0 amide bonds. The Labute approximate surface area is 58.0 Å². The average molecular weight is 293 g/mol. The Morgan fingerprint density at radius 1 is 1.62 bits per heavy atom. The van der Waals surface area contributed by atoms with E-state index >= 15 is 0 Å². The third-order valence-corrected chi connectivity index (χ3v) is 1.01. The number of hydrogen-bond acceptors (Lipinski definition) is 3. The predicted molar refractivity (Wildman–Crippen MR) is 21.4 cm³/mol. The summed E-state index contributed by atoms with van der Waals surface area (Å²) in [5.74, 6) is -0.644. The molecule has 8 heavy (non-hydrogen) atoms. The van der Waals surface area contributed by atoms with Crippen LogP contribution >= 0.6 is 0 Å². The molecule has 0 unspecified atom stereocenters. The van der Waals surface area contributed by atoms with E-state index in [1.54, 1.807) is 0 Å². The van der Waals surface area contributed by atoms with Gasteiger partial charge >= 0.3 is 57.4 Å². The molecule has 0 aromatic heterocycles. The minimum atomic E-state index is -0.475. The van der Waals surface area contributed by atoms with Crippen molar-refractivity contribution in [3.05, 3.63) is 0 Å². The molecule has 0 saturated carbocycles. The van der Waals surface area contributed by atoms with E-state index in [4.69, 9.17) is 0 Å². The molecule has 0 atom stereocenters. The summed E-state index contributed by atoms with van der Waals surface area (Å²) in [6.45, 7) is 1.34. The summed E-state index contributed by atoms with van der Waals surface area (Å²) in [5, 5.41) is 0. The molecular formula is C4H5IrO3+2. The molecule has 0 bridgehead atoms. The van der Waals surface area contributed by atoms with Gasteiger partial charge in [0.1, 0.15) is 0 Å². The zero-order chi connectivity index (χ0) is 6.57. The Morgan fingerprint density at radius 3 is 2.25 bits per heavy atom. The van der Waals surface area contributed by atoms with Crippen LogP contribution in [0.4, 0.5) is 0 Å². The SMILES string of the molecule is CC(=O)CC(=O)[O][Ir+2]. The van der Waals surface area contributed by atoms with Crippen LogP contribution < -0.4 is 0 Å². The van der Waals surface area contributed by atoms with Crippen molar-refractivity contribution in [3.63, 3.8) is 0 Å². The van der Waals surface area contributed by atoms with E-state index in [1.807, 2.05) is 0 Å². The van der Waals surface area contributed by atoms with Gasteiger partial charge in [-0.3, -0.25) is 0 Å². The topological polar surface area (TPSA) is 43.4 Å². The van der Waals surface area contributed by atoms with Crippen LogP contribution in [0.2, 0.25) is 0 Å². The van der Waals surface area contributed by atoms with E-state index in [0.717, 1.165) is 0 Å². The molecule has 0 N–H and O–H groups in total. The molecule has 0 aromatic carbocycles. The number of carbonyl (C=O) groups is 2. The summed E-state index contributed by atoms with van der Waals surface area (Å²) in [6, 6.07) is 0. The molecule has 0 fully saturated rings. The first-order chi connectivity index (χ1) is 3.66. The third kappa shape index (κ3) is 3.96. The molecule has 0 aliphatic carbocycles. The molecule has 0 aliphatic rings. The van der Waals surface area contributed by atoms with Crippen molar-refractivity contribution in [1.29, 1.82) is 0 Å². The number of rotatable bonds is 2. The van der Waals surface area contributed by atoms with E-state index in [0.29, 0.717) is 0 Å². The van der Waals surface area contributed by atoms with E-state index in [9.17, 15) is 9.59 Å². The molecular weight excluding hydrogens is 288 g/mol. The van der Waals surface area contributed by atoms with Crippen LogP contribution in [-0.4, -0.2) is 11.8 Å². The zero-order valence-electron chi connectivity index (χ0n) is 4.27. The standard InChI is InChI=1S/C4H6O3.Ir/c1-3(5)2-4(6)7;/h2H2,1H3,(H,6,7);/q;+3/p-1. The van der Waals surface area contributed by atoms with Gasteiger partial charge in [0.05, 0.1) is 0 Å². The molecule has 0 saturated heterocycles. The Bertz CT molecular complexity index is 110. The van der Waals surface area contributed by atoms with Crippen LogP contribution in [0.25, 0.3) is 0 Å². The van der Waals surface area contributed by atoms with E-state index in [2.05, 4.69) is 3.50 Å². The Kier molecular flexibility index (Phi) is 3.65. The van der Waals surface area contributed by atoms with Crippen molar-refractivity contribution in [2.45, 2.75) is 13.3 Å². The van der Waals surface area contributed by atoms with E-state index in [-0.39, 0.29) is 12.2 Å². The average Bonchev–Trinajstić information content (AvgIpc) is 1.65. The summed E-state index contributed by atoms with van der Waals surface area (Å²) < 4.78 is 4.20. The van der Waals surface area contributed by atoms with Crippen LogP contribution in [0.15, 0.2) is 0 Å². The molecule has 46 valence electrons. The molecule has 0 aliphatic heterocycles. The second-order valence-electron chi connectivity index (χ2n) is 1.32. The second-order valence-corrected chi connectivity index (χ2v) is 1.81. The van der Waals surface area contributed by atoms with Crippen molar-refractivity contribution >= 4 is 11.8 Å². The summed E-state index contributed by atoms with van der Waals surface area (Å²) in [4.78, 5) is 20.3. The fraction of sp³-hybridized carbons (Fsp3) is 0.500. The number of hydrogen-bond donors (Lipinski definition) is 0. The first-order valence-electron chi connectivity index (χ1n) is 1.96. The predicted octanol–water partition coefficient (Wildman–Crippen LogP) is -0.0295. The third-order valence-electron chi connectivity index (χ3n) is 0.469. The van der Waals surface area contributed by atoms with Crippen LogP contribution in [0.3, 0.4) is 0 Å². The number of carbonyl (C=O) groups excluding carboxylic acids is 2. The number of Topliss-reactive ketones (excluding diaryl/α,β-unsaturated/α-hetero) is 1. The van der Waals surface area contributed by atoms with Gasteiger partial charge in [-0.05, 0) is 0 Å². The summed E-state index contributed by atoms with van der Waals surface area (Å²) in [5.41, 5.74) is 0.